The standard InChI is InChI=1S/C53H34F6O2S2/c1-48-40(29-44(62-48)37(31-13-5-3-6-14-31)23-24-38-35-19-11-9-15-32(35)21-25-42(38)60)46-47(52(56,57)53(58,59)51(46,54)55)41-30-45(63-49(41,48)2)50(34-17-7-4-8-18-34)28-27-39-36-20-12-10-16-33(36)22-26-43(39)61-50/h3-30H,1-2H3/b37-23-,38-24+/t48-,49-,50?/m0/s1. The topological polar surface area (TPSA) is 26.3 Å². The van der Waals surface area contributed by atoms with Gasteiger partial charge in [0.05, 0.1) is 9.49 Å². The van der Waals surface area contributed by atoms with Crippen LogP contribution >= 0.6 is 23.5 Å². The van der Waals surface area contributed by atoms with Gasteiger partial charge in [-0.05, 0) is 101 Å². The van der Waals surface area contributed by atoms with Crippen molar-refractivity contribution in [2.75, 3.05) is 0 Å². The number of rotatable bonds is 5. The molecule has 0 bridgehead atoms. The maximum absolute atomic E-state index is 16.6. The van der Waals surface area contributed by atoms with E-state index in [0.717, 1.165) is 21.9 Å². The second-order valence-electron chi connectivity index (χ2n) is 16.6. The summed E-state index contributed by atoms with van der Waals surface area (Å²) in [6.45, 7) is 3.36. The third kappa shape index (κ3) is 5.34. The molecule has 0 aromatic heterocycles. The molecule has 63 heavy (non-hydrogen) atoms. The predicted molar refractivity (Wildman–Crippen MR) is 242 cm³/mol. The van der Waals surface area contributed by atoms with Crippen LogP contribution in [0.1, 0.15) is 41.7 Å². The Hall–Kier alpha value is -5.97. The lowest BCUT2D eigenvalue weighted by molar-refractivity contribution is -0.258. The first-order chi connectivity index (χ1) is 30.1. The highest BCUT2D eigenvalue weighted by Crippen LogP contribution is 2.75. The first kappa shape index (κ1) is 39.8. The molecule has 3 aliphatic heterocycles. The number of fused-ring (bicyclic) bond motifs is 8. The van der Waals surface area contributed by atoms with Crippen molar-refractivity contribution in [2.45, 2.75) is 46.7 Å². The minimum absolute atomic E-state index is 0.236. The van der Waals surface area contributed by atoms with Crippen molar-refractivity contribution >= 4 is 63.4 Å². The molecule has 5 aromatic rings. The zero-order valence-corrected chi connectivity index (χ0v) is 35.2. The summed E-state index contributed by atoms with van der Waals surface area (Å²) < 4.78 is 102. The average Bonchev–Trinajstić information content (AvgIpc) is 3.87. The molecule has 1 fully saturated rings. The Balaban J connectivity index is 1.12. The Kier molecular flexibility index (Phi) is 8.55. The fourth-order valence-corrected chi connectivity index (χ4v) is 13.1. The normalized spacial score (nSPS) is 27.7. The van der Waals surface area contributed by atoms with Crippen LogP contribution in [-0.4, -0.2) is 33.0 Å². The zero-order valence-electron chi connectivity index (χ0n) is 33.6. The summed E-state index contributed by atoms with van der Waals surface area (Å²) in [5.41, 5.74) is -0.232. The van der Waals surface area contributed by atoms with Gasteiger partial charge < -0.3 is 4.74 Å². The minimum atomic E-state index is -5.73. The third-order valence-electron chi connectivity index (χ3n) is 13.3. The summed E-state index contributed by atoms with van der Waals surface area (Å²) in [4.78, 5) is 14.1. The van der Waals surface area contributed by atoms with Crippen LogP contribution in [-0.2, 0) is 10.4 Å². The maximum atomic E-state index is 16.6. The van der Waals surface area contributed by atoms with Gasteiger partial charge in [0.25, 0.3) is 0 Å². The molecule has 1 saturated carbocycles. The molecule has 1 unspecified atom stereocenters. The van der Waals surface area contributed by atoms with Gasteiger partial charge in [0, 0.05) is 37.7 Å². The van der Waals surface area contributed by atoms with Gasteiger partial charge >= 0.3 is 17.8 Å². The number of ether oxygens (including phenoxy) is 1. The number of halogens is 6. The molecule has 3 atom stereocenters. The molecule has 6 aliphatic rings. The second kappa shape index (κ2) is 13.5. The number of hydrogen-bond acceptors (Lipinski definition) is 4. The largest absolute Gasteiger partial charge is 0.472 e. The van der Waals surface area contributed by atoms with E-state index < -0.39 is 44.0 Å². The Bertz CT molecular complexity index is 3120. The van der Waals surface area contributed by atoms with E-state index in [1.165, 1.54) is 41.8 Å². The van der Waals surface area contributed by atoms with Crippen LogP contribution in [0, 0.1) is 0 Å². The summed E-state index contributed by atoms with van der Waals surface area (Å²) in [6, 6.07) is 37.2. The van der Waals surface area contributed by atoms with E-state index in [9.17, 15) is 4.79 Å². The van der Waals surface area contributed by atoms with Gasteiger partial charge in [-0.3, -0.25) is 4.79 Å². The molecule has 0 spiro atoms. The molecule has 10 heteroatoms. The van der Waals surface area contributed by atoms with Crippen molar-refractivity contribution in [3.05, 3.63) is 218 Å². The van der Waals surface area contributed by atoms with Crippen molar-refractivity contribution in [2.24, 2.45) is 0 Å². The van der Waals surface area contributed by atoms with Crippen LogP contribution in [0.2, 0.25) is 0 Å². The van der Waals surface area contributed by atoms with Crippen LogP contribution in [0.5, 0.6) is 5.75 Å². The quantitative estimate of drug-likeness (QED) is 0.130. The molecule has 11 rings (SSSR count). The second-order valence-corrected chi connectivity index (χ2v) is 19.6. The first-order valence-corrected chi connectivity index (χ1v) is 22.0. The highest BCUT2D eigenvalue weighted by Gasteiger charge is 2.84. The zero-order chi connectivity index (χ0) is 43.7. The molecule has 312 valence electrons. The van der Waals surface area contributed by atoms with Crippen molar-refractivity contribution in [3.63, 3.8) is 0 Å². The monoisotopic (exact) mass is 880 g/mol. The van der Waals surface area contributed by atoms with E-state index in [1.807, 2.05) is 121 Å². The fraction of sp³-hybridized carbons (Fsp3) is 0.151. The molecule has 3 aliphatic carbocycles. The summed E-state index contributed by atoms with van der Waals surface area (Å²) >= 11 is 2.34. The molecule has 0 amide bonds. The van der Waals surface area contributed by atoms with E-state index in [2.05, 4.69) is 0 Å². The summed E-state index contributed by atoms with van der Waals surface area (Å²) in [6.07, 6.45) is 13.1. The maximum Gasteiger partial charge on any atom is 0.380 e. The molecule has 2 nitrogen and oxygen atoms in total. The van der Waals surface area contributed by atoms with Gasteiger partial charge in [0.1, 0.15) is 5.75 Å². The highest BCUT2D eigenvalue weighted by molar-refractivity contribution is 8.09. The summed E-state index contributed by atoms with van der Waals surface area (Å²) in [7, 11) is 0. The van der Waals surface area contributed by atoms with Crippen molar-refractivity contribution in [3.8, 4) is 5.75 Å². The Labute approximate surface area is 367 Å². The molecule has 5 aromatic carbocycles. The van der Waals surface area contributed by atoms with Crippen molar-refractivity contribution < 1.29 is 35.9 Å². The van der Waals surface area contributed by atoms with Gasteiger partial charge in [-0.2, -0.15) is 26.3 Å². The van der Waals surface area contributed by atoms with Gasteiger partial charge in [-0.25, -0.2) is 0 Å². The van der Waals surface area contributed by atoms with E-state index >= 15 is 26.3 Å². The molecule has 0 saturated heterocycles. The van der Waals surface area contributed by atoms with E-state index in [-0.39, 0.29) is 16.9 Å². The number of thioether (sulfide) groups is 2. The first-order valence-electron chi connectivity index (χ1n) is 20.3. The number of hydrogen-bond donors (Lipinski definition) is 0. The smallest absolute Gasteiger partial charge is 0.380 e. The minimum Gasteiger partial charge on any atom is -0.472 e. The average molecular weight is 881 g/mol. The fourth-order valence-electron chi connectivity index (χ4n) is 9.84. The Morgan fingerprint density at radius 1 is 0.651 bits per heavy atom. The molecule has 0 N–H and O–H groups in total. The molecule has 3 heterocycles. The lowest BCUT2D eigenvalue weighted by atomic mass is 9.71. The van der Waals surface area contributed by atoms with Gasteiger partial charge in [0.2, 0.25) is 0 Å². The predicted octanol–water partition coefficient (Wildman–Crippen LogP) is 14.2. The van der Waals surface area contributed by atoms with Crippen LogP contribution < -0.4 is 4.74 Å². The van der Waals surface area contributed by atoms with Gasteiger partial charge in [-0.15, -0.1) is 23.5 Å². The lowest BCUT2D eigenvalue weighted by Gasteiger charge is -2.48. The molecular formula is C53H34F6O2S2. The third-order valence-corrected chi connectivity index (χ3v) is 16.7. The van der Waals surface area contributed by atoms with E-state index in [1.54, 1.807) is 44.2 Å². The van der Waals surface area contributed by atoms with Crippen LogP contribution in [0.3, 0.4) is 0 Å². The molecular weight excluding hydrogens is 847 g/mol. The Morgan fingerprint density at radius 3 is 2.03 bits per heavy atom. The summed E-state index contributed by atoms with van der Waals surface area (Å²) in [5.74, 6) is -15.9. The lowest BCUT2D eigenvalue weighted by Crippen LogP contribution is -2.49. The SMILES string of the molecule is C[C@]12SC(/C(=C\C=C3\C(=O)C=Cc4ccccc43)c3ccccc3)=CC1=C1C(=C3C=C(C4(c5ccccc5)C=Cc5c(ccc6ccccc56)O4)S[C@@]32C)C(F)(F)C(F)(F)C1(F)F. The number of alkyl halides is 6. The number of carbonyl (C=O) groups is 1. The number of ketones is 1. The number of carbonyl (C=O) groups excluding carboxylic acids is 1. The van der Waals surface area contributed by atoms with E-state index in [0.29, 0.717) is 43.4 Å². The number of allylic oxidation sites excluding steroid dienone is 9. The summed E-state index contributed by atoms with van der Waals surface area (Å²) in [5, 5.41) is 1.91. The van der Waals surface area contributed by atoms with Crippen LogP contribution in [0.15, 0.2) is 190 Å². The van der Waals surface area contributed by atoms with Gasteiger partial charge in [0.15, 0.2) is 11.4 Å². The molecule has 0 radical (unpaired) electrons. The van der Waals surface area contributed by atoms with Crippen LogP contribution in [0.25, 0.3) is 34.1 Å². The van der Waals surface area contributed by atoms with Crippen LogP contribution in [0.4, 0.5) is 26.3 Å². The number of benzene rings is 5. The van der Waals surface area contributed by atoms with E-state index in [4.69, 9.17) is 4.74 Å². The van der Waals surface area contributed by atoms with Gasteiger partial charge in [-0.1, -0.05) is 127 Å². The Morgan fingerprint density at radius 2 is 1.29 bits per heavy atom. The highest BCUT2D eigenvalue weighted by atomic mass is 32.2. The van der Waals surface area contributed by atoms with Crippen molar-refractivity contribution in [1.29, 1.82) is 0 Å². The van der Waals surface area contributed by atoms with Crippen molar-refractivity contribution in [1.82, 2.24) is 0 Å².